The van der Waals surface area contributed by atoms with Crippen LogP contribution in [-0.4, -0.2) is 88.3 Å². The number of aromatic carboxylic acids is 1. The fourth-order valence-electron chi connectivity index (χ4n) is 8.01. The van der Waals surface area contributed by atoms with Crippen molar-refractivity contribution in [3.63, 3.8) is 0 Å². The summed E-state index contributed by atoms with van der Waals surface area (Å²) in [7, 11) is 2.27. The highest BCUT2D eigenvalue weighted by Crippen LogP contribution is 2.41. The van der Waals surface area contributed by atoms with Crippen LogP contribution < -0.4 is 19.8 Å². The Balaban J connectivity index is 0.998. The molecule has 1 aliphatic heterocycles. The number of nitrogens with one attached hydrogen (secondary N) is 2. The summed E-state index contributed by atoms with van der Waals surface area (Å²) in [6, 6.07) is 38.1. The quantitative estimate of drug-likeness (QED) is 0.0434. The smallest absolute Gasteiger partial charge is 0.338 e. The van der Waals surface area contributed by atoms with Crippen molar-refractivity contribution in [1.29, 1.82) is 0 Å². The van der Waals surface area contributed by atoms with Gasteiger partial charge in [0.05, 0.1) is 21.1 Å². The van der Waals surface area contributed by atoms with Crippen LogP contribution in [0.15, 0.2) is 131 Å². The van der Waals surface area contributed by atoms with Crippen LogP contribution in [0.25, 0.3) is 22.4 Å². The number of nitrogens with zero attached hydrogens (tertiary/aromatic N) is 5. The fraction of sp³-hybridized carbons (Fsp3) is 0.271. The molecule has 1 fully saturated rings. The Kier molecular flexibility index (Phi) is 14.8. The molecule has 1 saturated heterocycles. The van der Waals surface area contributed by atoms with Crippen LogP contribution in [0.2, 0.25) is 5.02 Å². The third-order valence-electron chi connectivity index (χ3n) is 11.3. The van der Waals surface area contributed by atoms with Crippen molar-refractivity contribution in [2.24, 2.45) is 0 Å². The van der Waals surface area contributed by atoms with E-state index >= 15 is 0 Å². The number of piperazine rings is 1. The number of halogens is 1. The monoisotopic (exact) mass is 905 g/mol. The van der Waals surface area contributed by atoms with Gasteiger partial charge in [0, 0.05) is 88.8 Å². The van der Waals surface area contributed by atoms with Gasteiger partial charge in [-0.15, -0.1) is 11.8 Å². The van der Waals surface area contributed by atoms with Gasteiger partial charge in [0.1, 0.15) is 5.69 Å². The van der Waals surface area contributed by atoms with Crippen LogP contribution in [-0.2, 0) is 17.5 Å². The Labute approximate surface area is 380 Å². The number of nitro benzene ring substituents is 1. The molecule has 0 spiro atoms. The highest BCUT2D eigenvalue weighted by molar-refractivity contribution is 7.99. The Hall–Kier alpha value is -5.80. The zero-order valence-electron chi connectivity index (χ0n) is 35.8. The van der Waals surface area contributed by atoms with Gasteiger partial charge in [0.25, 0.3) is 5.69 Å². The summed E-state index contributed by atoms with van der Waals surface area (Å²) in [4.78, 5) is 32.7. The third-order valence-corrected chi connectivity index (χ3v) is 13.8. The van der Waals surface area contributed by atoms with Gasteiger partial charge < -0.3 is 34.4 Å². The molecule has 12 nitrogen and oxygen atoms in total. The van der Waals surface area contributed by atoms with E-state index in [0.717, 1.165) is 78.0 Å². The van der Waals surface area contributed by atoms with Gasteiger partial charge in [-0.1, -0.05) is 54.1 Å². The summed E-state index contributed by atoms with van der Waals surface area (Å²) in [5.74, 6) is -0.237. The number of nitro groups is 1. The first kappa shape index (κ1) is 45.2. The van der Waals surface area contributed by atoms with E-state index in [1.54, 1.807) is 23.9 Å². The molecule has 1 unspecified atom stereocenters. The molecule has 0 amide bonds. The molecule has 15 heteroatoms. The summed E-state index contributed by atoms with van der Waals surface area (Å²) in [5, 5.41) is 26.7. The number of thioether (sulfide) groups is 1. The SMILES string of the molecule is CCn1c(C)c(C(=O)O)c(-c2cccc(N3CCN(c4ccc(NS(=O)c5ccc(N[C@H](CCN(C)C)CSc6ccccc6)c([N+](=O)[O-])c5)cc4)CC3)c2)c1-c1ccc(Cl)cc1. The maximum atomic E-state index is 13.5. The third kappa shape index (κ3) is 10.9. The van der Waals surface area contributed by atoms with Gasteiger partial charge in [-0.25, -0.2) is 9.00 Å². The van der Waals surface area contributed by atoms with E-state index in [4.69, 9.17) is 11.6 Å². The molecule has 1 aliphatic rings. The number of benzene rings is 5. The minimum absolute atomic E-state index is 0.0314. The summed E-state index contributed by atoms with van der Waals surface area (Å²) >= 11 is 7.93. The Morgan fingerprint density at radius 2 is 1.57 bits per heavy atom. The first-order chi connectivity index (χ1) is 30.4. The van der Waals surface area contributed by atoms with Gasteiger partial charge in [0.2, 0.25) is 0 Å². The lowest BCUT2D eigenvalue weighted by atomic mass is 9.96. The summed E-state index contributed by atoms with van der Waals surface area (Å²) < 4.78 is 18.6. The van der Waals surface area contributed by atoms with Crippen molar-refractivity contribution < 1.29 is 19.0 Å². The molecular formula is C48H52ClN7O5S2. The molecule has 5 aromatic carbocycles. The van der Waals surface area contributed by atoms with Crippen molar-refractivity contribution in [3.8, 4) is 22.4 Å². The maximum Gasteiger partial charge on any atom is 0.338 e. The molecule has 0 radical (unpaired) electrons. The second-order valence-corrected chi connectivity index (χ2v) is 18.4. The highest BCUT2D eigenvalue weighted by atomic mass is 35.5. The van der Waals surface area contributed by atoms with Gasteiger partial charge >= 0.3 is 5.97 Å². The zero-order chi connectivity index (χ0) is 44.6. The molecule has 0 bridgehead atoms. The van der Waals surface area contributed by atoms with Crippen molar-refractivity contribution in [3.05, 3.63) is 148 Å². The number of aromatic nitrogens is 1. The standard InChI is InChI=1S/C48H52ClN7O5S2/c1-5-55-33(2)45(48(57)58)46(47(55)34-14-16-36(49)17-15-34)35-10-9-11-40(30-35)54-28-26-53(27-29-54)39-20-18-37(19-21-39)51-63(61)42-22-23-43(44(31-42)56(59)60)50-38(24-25-52(3)4)32-62-41-12-7-6-8-13-41/h6-23,30-31,38,50-51H,5,24-29,32H2,1-4H3,(H,57,58)/t38-,63?/m1/s1. The summed E-state index contributed by atoms with van der Waals surface area (Å²) in [6.45, 7) is 8.35. The normalized spacial score (nSPS) is 13.8. The fourth-order valence-corrected chi connectivity index (χ4v) is 10.0. The number of rotatable bonds is 18. The molecule has 6 aromatic rings. The van der Waals surface area contributed by atoms with Gasteiger partial charge in [0.15, 0.2) is 11.0 Å². The van der Waals surface area contributed by atoms with E-state index in [1.165, 1.54) is 6.07 Å². The molecule has 0 aliphatic carbocycles. The van der Waals surface area contributed by atoms with E-state index in [2.05, 4.69) is 53.6 Å². The number of hydrogen-bond acceptors (Lipinski definition) is 9. The van der Waals surface area contributed by atoms with Crippen LogP contribution in [0.3, 0.4) is 0 Å². The lowest BCUT2D eigenvalue weighted by Crippen LogP contribution is -2.46. The van der Waals surface area contributed by atoms with E-state index in [1.807, 2.05) is 107 Å². The predicted molar refractivity (Wildman–Crippen MR) is 259 cm³/mol. The molecule has 3 N–H and O–H groups in total. The van der Waals surface area contributed by atoms with Crippen LogP contribution in [0.5, 0.6) is 0 Å². The van der Waals surface area contributed by atoms with Crippen LogP contribution in [0.1, 0.15) is 29.4 Å². The van der Waals surface area contributed by atoms with Crippen molar-refractivity contribution in [2.45, 2.75) is 42.6 Å². The minimum atomic E-state index is -1.74. The molecule has 2 atom stereocenters. The minimum Gasteiger partial charge on any atom is -0.478 e. The largest absolute Gasteiger partial charge is 0.478 e. The van der Waals surface area contributed by atoms with E-state index in [0.29, 0.717) is 44.7 Å². The number of carboxylic acid groups (broad SMARTS) is 1. The van der Waals surface area contributed by atoms with E-state index < -0.39 is 21.9 Å². The van der Waals surface area contributed by atoms with E-state index in [-0.39, 0.29) is 11.7 Å². The summed E-state index contributed by atoms with van der Waals surface area (Å²) in [5.41, 5.74) is 7.24. The summed E-state index contributed by atoms with van der Waals surface area (Å²) in [6.07, 6.45) is 0.789. The number of anilines is 4. The predicted octanol–water partition coefficient (Wildman–Crippen LogP) is 10.4. The Bertz CT molecular complexity index is 2560. The van der Waals surface area contributed by atoms with Crippen LogP contribution in [0, 0.1) is 17.0 Å². The van der Waals surface area contributed by atoms with Crippen molar-refractivity contribution in [2.75, 3.05) is 72.4 Å². The number of carbonyl (C=O) groups is 1. The molecule has 1 aromatic heterocycles. The van der Waals surface area contributed by atoms with Gasteiger partial charge in [-0.2, -0.15) is 0 Å². The Morgan fingerprint density at radius 3 is 2.21 bits per heavy atom. The van der Waals surface area contributed by atoms with Crippen molar-refractivity contribution in [1.82, 2.24) is 9.47 Å². The molecule has 63 heavy (non-hydrogen) atoms. The Morgan fingerprint density at radius 1 is 0.889 bits per heavy atom. The molecule has 7 rings (SSSR count). The van der Waals surface area contributed by atoms with Gasteiger partial charge in [-0.3, -0.25) is 10.1 Å². The molecule has 0 saturated carbocycles. The van der Waals surface area contributed by atoms with Crippen LogP contribution in [0.4, 0.5) is 28.4 Å². The zero-order valence-corrected chi connectivity index (χ0v) is 38.2. The molecule has 2 heterocycles. The lowest BCUT2D eigenvalue weighted by molar-refractivity contribution is -0.384. The highest BCUT2D eigenvalue weighted by Gasteiger charge is 2.28. The number of hydrogen-bond donors (Lipinski definition) is 3. The molecular weight excluding hydrogens is 854 g/mol. The number of carboxylic acids is 1. The molecule has 328 valence electrons. The second kappa shape index (κ2) is 20.6. The second-order valence-electron chi connectivity index (χ2n) is 15.7. The maximum absolute atomic E-state index is 13.5. The average Bonchev–Trinajstić information content (AvgIpc) is 3.60. The van der Waals surface area contributed by atoms with Crippen molar-refractivity contribution >= 4 is 68.8 Å². The average molecular weight is 907 g/mol. The first-order valence-electron chi connectivity index (χ1n) is 20.9. The lowest BCUT2D eigenvalue weighted by Gasteiger charge is -2.37. The van der Waals surface area contributed by atoms with E-state index in [9.17, 15) is 24.2 Å². The topological polar surface area (TPSA) is 136 Å². The van der Waals surface area contributed by atoms with Gasteiger partial charge in [-0.05, 0) is 125 Å². The van der Waals surface area contributed by atoms with Crippen LogP contribution >= 0.6 is 23.4 Å². The first-order valence-corrected chi connectivity index (χ1v) is 23.4.